The first kappa shape index (κ1) is 15.3. The maximum absolute atomic E-state index is 12.9. The predicted molar refractivity (Wildman–Crippen MR) is 71.8 cm³/mol. The van der Waals surface area contributed by atoms with Gasteiger partial charge in [-0.2, -0.15) is 13.2 Å². The lowest BCUT2D eigenvalue weighted by atomic mass is 10.1. The average Bonchev–Trinajstić information content (AvgIpc) is 2.39. The minimum Gasteiger partial charge on any atom is -0.387 e. The lowest BCUT2D eigenvalue weighted by molar-refractivity contribution is -0.144. The van der Waals surface area contributed by atoms with Gasteiger partial charge in [0.15, 0.2) is 0 Å². The van der Waals surface area contributed by atoms with Crippen LogP contribution >= 0.6 is 0 Å². The summed E-state index contributed by atoms with van der Waals surface area (Å²) in [4.78, 5) is 11.7. The van der Waals surface area contributed by atoms with Crippen LogP contribution in [0.2, 0.25) is 0 Å². The zero-order valence-electron chi connectivity index (χ0n) is 11.3. The number of aliphatic hydroxyl groups excluding tert-OH is 1. The van der Waals surface area contributed by atoms with E-state index in [-0.39, 0.29) is 0 Å². The maximum Gasteiger partial charge on any atom is 0.431 e. The minimum absolute atomic E-state index is 0.446. The van der Waals surface area contributed by atoms with Crippen LogP contribution in [0.3, 0.4) is 0 Å². The molecule has 0 bridgehead atoms. The molecule has 112 valence electrons. The monoisotopic (exact) mass is 297 g/mol. The van der Waals surface area contributed by atoms with Gasteiger partial charge in [0.05, 0.1) is 12.6 Å². The number of aliphatic hydroxyl groups is 1. The smallest absolute Gasteiger partial charge is 0.387 e. The molecule has 21 heavy (non-hydrogen) atoms. The molecule has 0 fully saturated rings. The SMILES string of the molecule is Cc1cccc(C(O)Cn2c(C(F)(F)F)cccc2=O)c1. The first-order chi connectivity index (χ1) is 9.79. The van der Waals surface area contributed by atoms with Crippen molar-refractivity contribution in [2.24, 2.45) is 0 Å². The highest BCUT2D eigenvalue weighted by molar-refractivity contribution is 5.24. The molecule has 2 rings (SSSR count). The van der Waals surface area contributed by atoms with Gasteiger partial charge in [0, 0.05) is 6.07 Å². The van der Waals surface area contributed by atoms with E-state index in [9.17, 15) is 23.1 Å². The van der Waals surface area contributed by atoms with Crippen LogP contribution in [-0.2, 0) is 12.7 Å². The van der Waals surface area contributed by atoms with E-state index in [1.807, 2.05) is 13.0 Å². The quantitative estimate of drug-likeness (QED) is 0.946. The van der Waals surface area contributed by atoms with Gasteiger partial charge in [-0.1, -0.05) is 35.9 Å². The van der Waals surface area contributed by atoms with E-state index in [1.165, 1.54) is 0 Å². The summed E-state index contributed by atoms with van der Waals surface area (Å²) < 4.78 is 39.3. The molecule has 0 aliphatic rings. The normalized spacial score (nSPS) is 13.2. The molecule has 0 amide bonds. The number of aromatic nitrogens is 1. The van der Waals surface area contributed by atoms with Crippen molar-refractivity contribution in [1.82, 2.24) is 4.57 Å². The fraction of sp³-hybridized carbons (Fsp3) is 0.267. The maximum atomic E-state index is 12.9. The van der Waals surface area contributed by atoms with Crippen molar-refractivity contribution in [2.75, 3.05) is 0 Å². The average molecular weight is 297 g/mol. The summed E-state index contributed by atoms with van der Waals surface area (Å²) in [6.45, 7) is 1.37. The van der Waals surface area contributed by atoms with E-state index in [2.05, 4.69) is 0 Å². The highest BCUT2D eigenvalue weighted by Crippen LogP contribution is 2.29. The van der Waals surface area contributed by atoms with Crippen LogP contribution in [-0.4, -0.2) is 9.67 Å². The number of pyridine rings is 1. The van der Waals surface area contributed by atoms with Crippen molar-refractivity contribution in [3.8, 4) is 0 Å². The topological polar surface area (TPSA) is 42.2 Å². The molecule has 1 aromatic carbocycles. The van der Waals surface area contributed by atoms with Gasteiger partial charge in [-0.15, -0.1) is 0 Å². The summed E-state index contributed by atoms with van der Waals surface area (Å²) >= 11 is 0. The van der Waals surface area contributed by atoms with Gasteiger partial charge >= 0.3 is 6.18 Å². The molecule has 0 spiro atoms. The largest absolute Gasteiger partial charge is 0.431 e. The molecular weight excluding hydrogens is 283 g/mol. The second-order valence-electron chi connectivity index (χ2n) is 4.79. The highest BCUT2D eigenvalue weighted by Gasteiger charge is 2.34. The van der Waals surface area contributed by atoms with Gasteiger partial charge in [0.1, 0.15) is 5.69 Å². The second kappa shape index (κ2) is 5.73. The van der Waals surface area contributed by atoms with E-state index in [0.717, 1.165) is 23.8 Å². The fourth-order valence-corrected chi connectivity index (χ4v) is 2.11. The molecular formula is C15H14F3NO2. The molecule has 2 aromatic rings. The van der Waals surface area contributed by atoms with Crippen LogP contribution in [0.5, 0.6) is 0 Å². The number of benzene rings is 1. The Morgan fingerprint density at radius 1 is 1.19 bits per heavy atom. The Hall–Kier alpha value is -2.08. The van der Waals surface area contributed by atoms with Crippen LogP contribution < -0.4 is 5.56 Å². The van der Waals surface area contributed by atoms with Crippen molar-refractivity contribution in [3.63, 3.8) is 0 Å². The summed E-state index contributed by atoms with van der Waals surface area (Å²) in [6, 6.07) is 9.71. The van der Waals surface area contributed by atoms with Crippen molar-refractivity contribution in [3.05, 3.63) is 69.6 Å². The van der Waals surface area contributed by atoms with Crippen LogP contribution in [0.4, 0.5) is 13.2 Å². The predicted octanol–water partition coefficient (Wildman–Crippen LogP) is 2.91. The van der Waals surface area contributed by atoms with E-state index in [1.54, 1.807) is 18.2 Å². The molecule has 3 nitrogen and oxygen atoms in total. The molecule has 0 saturated heterocycles. The fourth-order valence-electron chi connectivity index (χ4n) is 2.11. The van der Waals surface area contributed by atoms with E-state index in [4.69, 9.17) is 0 Å². The number of rotatable bonds is 3. The van der Waals surface area contributed by atoms with Crippen LogP contribution in [0.1, 0.15) is 22.9 Å². The molecule has 0 aliphatic carbocycles. The van der Waals surface area contributed by atoms with E-state index >= 15 is 0 Å². The lowest BCUT2D eigenvalue weighted by Crippen LogP contribution is -2.29. The van der Waals surface area contributed by atoms with Crippen LogP contribution in [0, 0.1) is 6.92 Å². The zero-order chi connectivity index (χ0) is 15.6. The third kappa shape index (κ3) is 3.52. The Kier molecular flexibility index (Phi) is 4.18. The van der Waals surface area contributed by atoms with Crippen LogP contribution in [0.25, 0.3) is 0 Å². The number of hydrogen-bond acceptors (Lipinski definition) is 2. The van der Waals surface area contributed by atoms with Crippen molar-refractivity contribution < 1.29 is 18.3 Å². The number of aryl methyl sites for hydroxylation is 1. The van der Waals surface area contributed by atoms with Crippen molar-refractivity contribution in [2.45, 2.75) is 25.7 Å². The number of halogens is 3. The lowest BCUT2D eigenvalue weighted by Gasteiger charge is -2.18. The third-order valence-electron chi connectivity index (χ3n) is 3.12. The summed E-state index contributed by atoms with van der Waals surface area (Å²) in [5.74, 6) is 0. The third-order valence-corrected chi connectivity index (χ3v) is 3.12. The zero-order valence-corrected chi connectivity index (χ0v) is 11.3. The summed E-state index contributed by atoms with van der Waals surface area (Å²) in [5, 5.41) is 10.1. The van der Waals surface area contributed by atoms with Gasteiger partial charge in [0.2, 0.25) is 0 Å². The first-order valence-corrected chi connectivity index (χ1v) is 6.31. The standard InChI is InChI=1S/C15H14F3NO2/c1-10-4-2-5-11(8-10)12(20)9-19-13(15(16,17)18)6-3-7-14(19)21/h2-8,12,20H,9H2,1H3. The summed E-state index contributed by atoms with van der Waals surface area (Å²) in [6.07, 6.45) is -5.83. The molecule has 6 heteroatoms. The Morgan fingerprint density at radius 3 is 2.48 bits per heavy atom. The Morgan fingerprint density at radius 2 is 1.86 bits per heavy atom. The first-order valence-electron chi connectivity index (χ1n) is 6.31. The number of nitrogens with zero attached hydrogens (tertiary/aromatic N) is 1. The van der Waals surface area contributed by atoms with Gasteiger partial charge in [0.25, 0.3) is 5.56 Å². The van der Waals surface area contributed by atoms with Gasteiger partial charge in [-0.25, -0.2) is 0 Å². The Bertz CT molecular complexity index is 692. The summed E-state index contributed by atoms with van der Waals surface area (Å²) in [7, 11) is 0. The van der Waals surface area contributed by atoms with Crippen LogP contribution in [0.15, 0.2) is 47.3 Å². The molecule has 1 heterocycles. The van der Waals surface area contributed by atoms with Gasteiger partial charge in [-0.3, -0.25) is 4.79 Å². The molecule has 1 aromatic heterocycles. The minimum atomic E-state index is -4.65. The van der Waals surface area contributed by atoms with E-state index < -0.39 is 30.1 Å². The molecule has 0 saturated carbocycles. The van der Waals surface area contributed by atoms with Gasteiger partial charge in [-0.05, 0) is 18.6 Å². The Labute approximate surface area is 119 Å². The van der Waals surface area contributed by atoms with Crippen molar-refractivity contribution in [1.29, 1.82) is 0 Å². The molecule has 1 atom stereocenters. The van der Waals surface area contributed by atoms with E-state index in [0.29, 0.717) is 10.1 Å². The highest BCUT2D eigenvalue weighted by atomic mass is 19.4. The summed E-state index contributed by atoms with van der Waals surface area (Å²) in [5.41, 5.74) is -0.514. The Balaban J connectivity index is 2.38. The molecule has 1 N–H and O–H groups in total. The number of alkyl halides is 3. The molecule has 0 aliphatic heterocycles. The van der Waals surface area contributed by atoms with Crippen molar-refractivity contribution >= 4 is 0 Å². The van der Waals surface area contributed by atoms with Gasteiger partial charge < -0.3 is 9.67 Å². The molecule has 1 unspecified atom stereocenters. The second-order valence-corrected chi connectivity index (χ2v) is 4.79. The molecule has 0 radical (unpaired) electrons. The number of hydrogen-bond donors (Lipinski definition) is 1.